The summed E-state index contributed by atoms with van der Waals surface area (Å²) in [6.07, 6.45) is 4.89. The van der Waals surface area contributed by atoms with Crippen LogP contribution in [0.1, 0.15) is 51.5 Å². The van der Waals surface area contributed by atoms with Crippen molar-refractivity contribution in [2.75, 3.05) is 6.54 Å². The summed E-state index contributed by atoms with van der Waals surface area (Å²) in [5, 5.41) is 10.8. The van der Waals surface area contributed by atoms with Crippen molar-refractivity contribution in [1.29, 1.82) is 0 Å². The number of carbonyl (C=O) groups is 1. The second kappa shape index (κ2) is 7.60. The maximum atomic E-state index is 12.6. The van der Waals surface area contributed by atoms with Crippen LogP contribution in [0.25, 0.3) is 0 Å². The van der Waals surface area contributed by atoms with E-state index in [4.69, 9.17) is 0 Å². The summed E-state index contributed by atoms with van der Waals surface area (Å²) in [5.41, 5.74) is 0.372. The van der Waals surface area contributed by atoms with Gasteiger partial charge in [0.15, 0.2) is 0 Å². The van der Waals surface area contributed by atoms with Gasteiger partial charge < -0.3 is 10.0 Å². The summed E-state index contributed by atoms with van der Waals surface area (Å²) in [6.45, 7) is 4.83. The van der Waals surface area contributed by atoms with Crippen molar-refractivity contribution < 1.29 is 9.90 Å². The first-order valence-electron chi connectivity index (χ1n) is 8.15. The summed E-state index contributed by atoms with van der Waals surface area (Å²) < 4.78 is 1.01. The topological polar surface area (TPSA) is 40.5 Å². The molecular weight excluding hydrogens is 342 g/mol. The number of aliphatic hydroxyl groups is 1. The molecular formula is C18H26BrNO2. The minimum absolute atomic E-state index is 0.0562. The van der Waals surface area contributed by atoms with Crippen molar-refractivity contribution >= 4 is 21.8 Å². The normalized spacial score (nSPS) is 17.5. The number of benzene rings is 1. The van der Waals surface area contributed by atoms with Crippen molar-refractivity contribution in [2.45, 2.75) is 58.1 Å². The van der Waals surface area contributed by atoms with Gasteiger partial charge in [0, 0.05) is 23.5 Å². The minimum Gasteiger partial charge on any atom is -0.388 e. The van der Waals surface area contributed by atoms with E-state index in [0.29, 0.717) is 13.1 Å². The number of hydrogen-bond acceptors (Lipinski definition) is 2. The molecule has 122 valence electrons. The molecule has 1 fully saturated rings. The molecule has 3 nitrogen and oxygen atoms in total. The third-order valence-corrected chi connectivity index (χ3v) is 4.83. The van der Waals surface area contributed by atoms with E-state index in [1.807, 2.05) is 43.0 Å². The maximum absolute atomic E-state index is 12.6. The zero-order valence-electron chi connectivity index (χ0n) is 13.5. The molecule has 1 N–H and O–H groups in total. The van der Waals surface area contributed by atoms with Crippen molar-refractivity contribution in [3.05, 3.63) is 34.3 Å². The fourth-order valence-corrected chi connectivity index (χ4v) is 3.60. The number of nitrogens with zero attached hydrogens (tertiary/aromatic N) is 1. The Morgan fingerprint density at radius 1 is 1.32 bits per heavy atom. The van der Waals surface area contributed by atoms with E-state index in [9.17, 15) is 9.90 Å². The lowest BCUT2D eigenvalue weighted by Crippen LogP contribution is -2.47. The zero-order chi connectivity index (χ0) is 16.2. The minimum atomic E-state index is -0.713. The standard InChI is InChI=1S/C18H26BrNO2/c1-14(2)17(21)20(12-15-7-6-8-16(19)11-15)13-18(22)9-4-3-5-10-18/h6-8,11,14,22H,3-5,9-10,12-13H2,1-2H3. The van der Waals surface area contributed by atoms with E-state index in [1.54, 1.807) is 0 Å². The lowest BCUT2D eigenvalue weighted by atomic mass is 9.84. The molecule has 0 radical (unpaired) electrons. The monoisotopic (exact) mass is 367 g/mol. The molecule has 1 aromatic rings. The number of hydrogen-bond donors (Lipinski definition) is 1. The summed E-state index contributed by atoms with van der Waals surface area (Å²) >= 11 is 3.47. The highest BCUT2D eigenvalue weighted by Crippen LogP contribution is 2.30. The molecule has 0 unspecified atom stereocenters. The molecule has 22 heavy (non-hydrogen) atoms. The predicted octanol–water partition coefficient (Wildman–Crippen LogP) is 4.13. The van der Waals surface area contributed by atoms with Crippen LogP contribution in [0.3, 0.4) is 0 Å². The summed E-state index contributed by atoms with van der Waals surface area (Å²) in [4.78, 5) is 14.4. The second-order valence-electron chi connectivity index (χ2n) is 6.76. The molecule has 0 atom stereocenters. The molecule has 1 saturated carbocycles. The van der Waals surface area contributed by atoms with Crippen LogP contribution >= 0.6 is 15.9 Å². The van der Waals surface area contributed by atoms with Crippen LogP contribution < -0.4 is 0 Å². The third kappa shape index (κ3) is 4.82. The van der Waals surface area contributed by atoms with Gasteiger partial charge in [0.25, 0.3) is 0 Å². The quantitative estimate of drug-likeness (QED) is 0.849. The lowest BCUT2D eigenvalue weighted by Gasteiger charge is -2.37. The molecule has 1 aliphatic carbocycles. The number of amides is 1. The average Bonchev–Trinajstić information content (AvgIpc) is 2.46. The Morgan fingerprint density at radius 2 is 2.00 bits per heavy atom. The van der Waals surface area contributed by atoms with Crippen LogP contribution in [0.5, 0.6) is 0 Å². The van der Waals surface area contributed by atoms with Gasteiger partial charge in [-0.2, -0.15) is 0 Å². The Morgan fingerprint density at radius 3 is 2.59 bits per heavy atom. The fourth-order valence-electron chi connectivity index (χ4n) is 3.16. The van der Waals surface area contributed by atoms with Crippen molar-refractivity contribution in [3.8, 4) is 0 Å². The highest BCUT2D eigenvalue weighted by atomic mass is 79.9. The molecule has 0 bridgehead atoms. The predicted molar refractivity (Wildman–Crippen MR) is 92.4 cm³/mol. The molecule has 1 amide bonds. The highest BCUT2D eigenvalue weighted by Gasteiger charge is 2.33. The first-order chi connectivity index (χ1) is 10.4. The molecule has 2 rings (SSSR count). The van der Waals surface area contributed by atoms with Gasteiger partial charge in [0.2, 0.25) is 5.91 Å². The van der Waals surface area contributed by atoms with Crippen LogP contribution in [-0.4, -0.2) is 28.1 Å². The Balaban J connectivity index is 2.13. The van der Waals surface area contributed by atoms with E-state index in [2.05, 4.69) is 15.9 Å². The zero-order valence-corrected chi connectivity index (χ0v) is 15.1. The van der Waals surface area contributed by atoms with Gasteiger partial charge in [-0.05, 0) is 30.5 Å². The Labute approximate surface area is 141 Å². The summed E-state index contributed by atoms with van der Waals surface area (Å²) in [5.74, 6) is 0.0540. The van der Waals surface area contributed by atoms with Crippen LogP contribution in [-0.2, 0) is 11.3 Å². The molecule has 1 aromatic carbocycles. The lowest BCUT2D eigenvalue weighted by molar-refractivity contribution is -0.140. The van der Waals surface area contributed by atoms with E-state index >= 15 is 0 Å². The van der Waals surface area contributed by atoms with Gasteiger partial charge in [-0.3, -0.25) is 4.79 Å². The Kier molecular flexibility index (Phi) is 6.04. The largest absolute Gasteiger partial charge is 0.388 e. The molecule has 0 aromatic heterocycles. The number of carbonyl (C=O) groups excluding carboxylic acids is 1. The van der Waals surface area contributed by atoms with Crippen molar-refractivity contribution in [2.24, 2.45) is 5.92 Å². The third-order valence-electron chi connectivity index (χ3n) is 4.34. The van der Waals surface area contributed by atoms with Gasteiger partial charge in [-0.15, -0.1) is 0 Å². The van der Waals surface area contributed by atoms with Crippen molar-refractivity contribution in [1.82, 2.24) is 4.90 Å². The Hall–Kier alpha value is -0.870. The van der Waals surface area contributed by atoms with Gasteiger partial charge in [0.05, 0.1) is 5.60 Å². The van der Waals surface area contributed by atoms with Crippen LogP contribution in [0.2, 0.25) is 0 Å². The van der Waals surface area contributed by atoms with E-state index in [-0.39, 0.29) is 11.8 Å². The summed E-state index contributed by atoms with van der Waals surface area (Å²) in [6, 6.07) is 8.02. The van der Waals surface area contributed by atoms with Crippen LogP contribution in [0.15, 0.2) is 28.7 Å². The summed E-state index contributed by atoms with van der Waals surface area (Å²) in [7, 11) is 0. The van der Waals surface area contributed by atoms with Gasteiger partial charge in [-0.25, -0.2) is 0 Å². The van der Waals surface area contributed by atoms with Gasteiger partial charge >= 0.3 is 0 Å². The van der Waals surface area contributed by atoms with E-state index in [1.165, 1.54) is 6.42 Å². The molecule has 4 heteroatoms. The molecule has 1 aliphatic rings. The van der Waals surface area contributed by atoms with E-state index < -0.39 is 5.60 Å². The number of rotatable bonds is 5. The Bertz CT molecular complexity index is 510. The molecule has 0 aliphatic heterocycles. The van der Waals surface area contributed by atoms with Crippen molar-refractivity contribution in [3.63, 3.8) is 0 Å². The van der Waals surface area contributed by atoms with Gasteiger partial charge in [-0.1, -0.05) is 61.2 Å². The maximum Gasteiger partial charge on any atom is 0.225 e. The molecule has 0 heterocycles. The van der Waals surface area contributed by atoms with Crippen LogP contribution in [0, 0.1) is 5.92 Å². The average molecular weight is 368 g/mol. The second-order valence-corrected chi connectivity index (χ2v) is 7.68. The number of halogens is 1. The highest BCUT2D eigenvalue weighted by molar-refractivity contribution is 9.10. The van der Waals surface area contributed by atoms with Gasteiger partial charge in [0.1, 0.15) is 0 Å². The first kappa shape index (κ1) is 17.5. The molecule has 0 saturated heterocycles. The first-order valence-corrected chi connectivity index (χ1v) is 8.94. The fraction of sp³-hybridized carbons (Fsp3) is 0.611. The smallest absolute Gasteiger partial charge is 0.225 e. The van der Waals surface area contributed by atoms with Crippen LogP contribution in [0.4, 0.5) is 0 Å². The SMILES string of the molecule is CC(C)C(=O)N(Cc1cccc(Br)c1)CC1(O)CCCCC1. The molecule has 0 spiro atoms. The van der Waals surface area contributed by atoms with E-state index in [0.717, 1.165) is 35.7 Å².